The molecule has 1 radical (unpaired) electrons. The molecule has 7 heteroatoms. The Morgan fingerprint density at radius 1 is 0.920 bits per heavy atom. The molecule has 0 saturated carbocycles. The monoisotopic (exact) mass is 877 g/mol. The summed E-state index contributed by atoms with van der Waals surface area (Å²) in [6.07, 6.45) is 4.76. The number of ketones is 1. The van der Waals surface area contributed by atoms with E-state index in [9.17, 15) is 18.7 Å². The number of hydrogen-bond donors (Lipinski definition) is 1. The van der Waals surface area contributed by atoms with Gasteiger partial charge in [-0.2, -0.15) is 0 Å². The van der Waals surface area contributed by atoms with E-state index in [1.54, 1.807) is 25.2 Å². The third-order valence-electron chi connectivity index (χ3n) is 9.92. The molecule has 50 heavy (non-hydrogen) atoms. The number of carbonyl (C=O) groups is 1. The van der Waals surface area contributed by atoms with Crippen LogP contribution in [0.15, 0.2) is 66.6 Å². The number of benzene rings is 3. The summed E-state index contributed by atoms with van der Waals surface area (Å²) in [5.41, 5.74) is 4.23. The predicted molar refractivity (Wildman–Crippen MR) is 205 cm³/mol. The quantitative estimate of drug-likeness (QED) is 0.0772. The zero-order chi connectivity index (χ0) is 36.0. The van der Waals surface area contributed by atoms with E-state index in [-0.39, 0.29) is 43.5 Å². The molecule has 2 aromatic heterocycles. The van der Waals surface area contributed by atoms with Crippen molar-refractivity contribution in [3.8, 4) is 11.3 Å². The zero-order valence-electron chi connectivity index (χ0n) is 30.9. The summed E-state index contributed by atoms with van der Waals surface area (Å²) >= 11 is 1.71. The third kappa shape index (κ3) is 9.08. The Hall–Kier alpha value is -2.99. The van der Waals surface area contributed by atoms with Crippen molar-refractivity contribution in [2.45, 2.75) is 107 Å². The summed E-state index contributed by atoms with van der Waals surface area (Å²) in [6.45, 7) is 17.8. The van der Waals surface area contributed by atoms with Crippen molar-refractivity contribution in [2.75, 3.05) is 0 Å². The number of aliphatic hydroxyl groups is 1. The SMILES string of the molecule is CCC(CC)C(=O)/C=C(\O)C(CC)CC.Cc1c(CC(C)(C)C(F)F)ccc2c1sc1c(-c3[c-]c4ccccc4c(C(C)C)c3)nccc12.[Ir]. The minimum Gasteiger partial charge on any atom is -0.512 e. The van der Waals surface area contributed by atoms with Gasteiger partial charge in [0.15, 0.2) is 5.78 Å². The van der Waals surface area contributed by atoms with Gasteiger partial charge in [0.05, 0.1) is 5.76 Å². The second-order valence-electron chi connectivity index (χ2n) is 14.2. The van der Waals surface area contributed by atoms with Crippen molar-refractivity contribution in [3.05, 3.63) is 89.3 Å². The van der Waals surface area contributed by atoms with Gasteiger partial charge in [0.1, 0.15) is 0 Å². The Bertz CT molecular complexity index is 1940. The van der Waals surface area contributed by atoms with Crippen molar-refractivity contribution >= 4 is 48.1 Å². The summed E-state index contributed by atoms with van der Waals surface area (Å²) in [5, 5.41) is 14.4. The Labute approximate surface area is 315 Å². The molecule has 0 aliphatic heterocycles. The molecule has 0 saturated heterocycles. The Kier molecular flexibility index (Phi) is 14.9. The van der Waals surface area contributed by atoms with Crippen molar-refractivity contribution in [3.63, 3.8) is 0 Å². The molecular weight excluding hydrogens is 825 g/mol. The number of aliphatic hydroxyl groups excluding tert-OH is 1. The fourth-order valence-electron chi connectivity index (χ4n) is 6.54. The molecule has 0 aliphatic rings. The first kappa shape index (κ1) is 41.4. The molecule has 0 atom stereocenters. The van der Waals surface area contributed by atoms with Crippen LogP contribution in [0.3, 0.4) is 0 Å². The molecule has 3 aromatic carbocycles. The van der Waals surface area contributed by atoms with Crippen molar-refractivity contribution in [2.24, 2.45) is 17.3 Å². The van der Waals surface area contributed by atoms with E-state index in [1.165, 1.54) is 17.0 Å². The van der Waals surface area contributed by atoms with Gasteiger partial charge in [-0.15, -0.1) is 40.5 Å². The molecule has 5 rings (SSSR count). The fourth-order valence-corrected chi connectivity index (χ4v) is 7.86. The standard InChI is InChI=1S/C30H28F2NS.C13H24O2.Ir/c1-17(2)25-15-21(14-19-8-6-7-9-22(19)25)26-28-24(12-13-33-26)23-11-10-20(18(3)27(23)34-28)16-30(4,5)29(31)32;1-5-10(6-2)12(14)9-13(15)11(7-3)8-4;/h6-13,15,17,29H,16H2,1-5H3;9-11,14H,5-8H2,1-4H3;/q-1;;/b;12-9-;. The number of aryl methyl sites for hydroxylation is 1. The van der Waals surface area contributed by atoms with E-state index in [0.29, 0.717) is 12.3 Å². The van der Waals surface area contributed by atoms with Gasteiger partial charge in [0.2, 0.25) is 6.43 Å². The Balaban J connectivity index is 0.000000361. The molecule has 0 fully saturated rings. The third-order valence-corrected chi connectivity index (χ3v) is 11.3. The van der Waals surface area contributed by atoms with Gasteiger partial charge in [-0.3, -0.25) is 9.78 Å². The average molecular weight is 877 g/mol. The molecule has 3 nitrogen and oxygen atoms in total. The number of thiophene rings is 1. The molecule has 0 amide bonds. The van der Waals surface area contributed by atoms with Crippen LogP contribution in [0.4, 0.5) is 8.78 Å². The van der Waals surface area contributed by atoms with E-state index < -0.39 is 11.8 Å². The van der Waals surface area contributed by atoms with Crippen molar-refractivity contribution in [1.82, 2.24) is 4.98 Å². The topological polar surface area (TPSA) is 50.2 Å². The molecule has 5 aromatic rings. The number of rotatable bonds is 12. The Morgan fingerprint density at radius 2 is 1.54 bits per heavy atom. The largest absolute Gasteiger partial charge is 0.512 e. The minimum absolute atomic E-state index is 0. The first-order valence-corrected chi connectivity index (χ1v) is 18.6. The number of fused-ring (bicyclic) bond motifs is 4. The molecule has 0 bridgehead atoms. The van der Waals surface area contributed by atoms with E-state index in [2.05, 4.69) is 63.2 Å². The van der Waals surface area contributed by atoms with Crippen LogP contribution in [0, 0.1) is 30.2 Å². The van der Waals surface area contributed by atoms with E-state index >= 15 is 0 Å². The fraction of sp³-hybridized carbons (Fsp3) is 0.442. The van der Waals surface area contributed by atoms with Gasteiger partial charge >= 0.3 is 0 Å². The predicted octanol–water partition coefficient (Wildman–Crippen LogP) is 13.2. The summed E-state index contributed by atoms with van der Waals surface area (Å²) in [4.78, 5) is 16.5. The summed E-state index contributed by atoms with van der Waals surface area (Å²) in [6, 6.07) is 20.4. The number of allylic oxidation sites excluding steroid dienone is 2. The molecular formula is C43H52F2IrNO2S-. The van der Waals surface area contributed by atoms with E-state index in [4.69, 9.17) is 4.98 Å². The summed E-state index contributed by atoms with van der Waals surface area (Å²) in [5.74, 6) is 0.925. The molecule has 0 spiro atoms. The summed E-state index contributed by atoms with van der Waals surface area (Å²) < 4.78 is 29.4. The first-order chi connectivity index (χ1) is 23.3. The van der Waals surface area contributed by atoms with E-state index in [0.717, 1.165) is 73.6 Å². The maximum atomic E-state index is 13.5. The smallest absolute Gasteiger partial charge is 0.243 e. The van der Waals surface area contributed by atoms with Crippen LogP contribution in [0.1, 0.15) is 104 Å². The molecule has 1 N–H and O–H groups in total. The zero-order valence-corrected chi connectivity index (χ0v) is 34.1. The number of pyridine rings is 1. The van der Waals surface area contributed by atoms with Crippen LogP contribution >= 0.6 is 11.3 Å². The second kappa shape index (κ2) is 18.0. The second-order valence-corrected chi connectivity index (χ2v) is 15.2. The van der Waals surface area contributed by atoms with Gasteiger partial charge in [-0.1, -0.05) is 96.7 Å². The number of alkyl halides is 2. The Morgan fingerprint density at radius 3 is 2.14 bits per heavy atom. The molecule has 271 valence electrons. The number of carbonyl (C=O) groups excluding carboxylic acids is 1. The molecule has 0 unspecified atom stereocenters. The van der Waals surface area contributed by atoms with Gasteiger partial charge in [-0.05, 0) is 67.5 Å². The minimum atomic E-state index is -2.36. The van der Waals surface area contributed by atoms with E-state index in [1.807, 2.05) is 46.0 Å². The van der Waals surface area contributed by atoms with Gasteiger partial charge < -0.3 is 5.11 Å². The summed E-state index contributed by atoms with van der Waals surface area (Å²) in [7, 11) is 0. The molecule has 2 heterocycles. The number of halogens is 2. The van der Waals surface area contributed by atoms with Crippen LogP contribution < -0.4 is 0 Å². The molecule has 0 aliphatic carbocycles. The number of aromatic nitrogens is 1. The van der Waals surface area contributed by atoms with Crippen molar-refractivity contribution < 1.29 is 38.8 Å². The number of nitrogens with zero attached hydrogens (tertiary/aromatic N) is 1. The van der Waals surface area contributed by atoms with Gasteiger partial charge in [0, 0.05) is 70.1 Å². The average Bonchev–Trinajstić information content (AvgIpc) is 3.46. The van der Waals surface area contributed by atoms with Gasteiger partial charge in [0.25, 0.3) is 0 Å². The van der Waals surface area contributed by atoms with Gasteiger partial charge in [-0.25, -0.2) is 8.78 Å². The van der Waals surface area contributed by atoms with Crippen molar-refractivity contribution in [1.29, 1.82) is 0 Å². The maximum Gasteiger partial charge on any atom is 0.243 e. The normalized spacial score (nSPS) is 12.3. The van der Waals surface area contributed by atoms with Crippen LogP contribution in [-0.4, -0.2) is 22.3 Å². The van der Waals surface area contributed by atoms with Crippen LogP contribution in [0.5, 0.6) is 0 Å². The maximum absolute atomic E-state index is 13.5. The first-order valence-electron chi connectivity index (χ1n) is 17.7. The number of hydrogen-bond acceptors (Lipinski definition) is 4. The van der Waals surface area contributed by atoms with Crippen LogP contribution in [0.2, 0.25) is 0 Å². The van der Waals surface area contributed by atoms with Crippen LogP contribution in [0.25, 0.3) is 42.2 Å². The van der Waals surface area contributed by atoms with Crippen LogP contribution in [-0.2, 0) is 31.3 Å².